The van der Waals surface area contributed by atoms with Gasteiger partial charge in [0.2, 0.25) is 0 Å². The van der Waals surface area contributed by atoms with Crippen LogP contribution in [0.4, 0.5) is 4.39 Å². The normalized spacial score (nSPS) is 15.3. The van der Waals surface area contributed by atoms with Crippen molar-refractivity contribution in [2.24, 2.45) is 0 Å². The van der Waals surface area contributed by atoms with Crippen molar-refractivity contribution in [2.45, 2.75) is 13.0 Å². The van der Waals surface area contributed by atoms with Gasteiger partial charge >= 0.3 is 0 Å². The third kappa shape index (κ3) is 4.01. The van der Waals surface area contributed by atoms with Crippen molar-refractivity contribution in [1.82, 2.24) is 4.90 Å². The van der Waals surface area contributed by atoms with E-state index in [4.69, 9.17) is 4.74 Å². The summed E-state index contributed by atoms with van der Waals surface area (Å²) >= 11 is 3.53. The number of benzene rings is 2. The molecular formula is C19H19BrFNO. The second-order valence-electron chi connectivity index (χ2n) is 5.69. The fourth-order valence-electron chi connectivity index (χ4n) is 2.85. The van der Waals surface area contributed by atoms with Gasteiger partial charge in [-0.15, -0.1) is 0 Å². The van der Waals surface area contributed by atoms with Crippen molar-refractivity contribution in [2.75, 3.05) is 20.2 Å². The summed E-state index contributed by atoms with van der Waals surface area (Å²) in [7, 11) is 1.67. The lowest BCUT2D eigenvalue weighted by Crippen LogP contribution is -2.28. The van der Waals surface area contributed by atoms with Gasteiger partial charge in [0.05, 0.1) is 11.6 Å². The van der Waals surface area contributed by atoms with Gasteiger partial charge in [-0.25, -0.2) is 4.39 Å². The summed E-state index contributed by atoms with van der Waals surface area (Å²) in [5.41, 5.74) is 3.69. The van der Waals surface area contributed by atoms with Gasteiger partial charge < -0.3 is 4.74 Å². The standard InChI is InChI=1S/C19H19BrFNO/c1-23-19-7-2-14(12-18(19)20)13-22-10-8-16(9-11-22)15-3-5-17(21)6-4-15/h2-8,12H,9-11,13H2,1H3. The van der Waals surface area contributed by atoms with Crippen LogP contribution in [-0.4, -0.2) is 25.1 Å². The van der Waals surface area contributed by atoms with Crippen LogP contribution in [0.15, 0.2) is 53.0 Å². The first-order valence-electron chi connectivity index (χ1n) is 7.65. The average Bonchev–Trinajstić information content (AvgIpc) is 2.57. The molecule has 4 heteroatoms. The quantitative estimate of drug-likeness (QED) is 0.754. The summed E-state index contributed by atoms with van der Waals surface area (Å²) in [6.45, 7) is 2.83. The topological polar surface area (TPSA) is 12.5 Å². The number of nitrogens with zero attached hydrogens (tertiary/aromatic N) is 1. The van der Waals surface area contributed by atoms with Crippen LogP contribution < -0.4 is 4.74 Å². The summed E-state index contributed by atoms with van der Waals surface area (Å²) < 4.78 is 19.3. The summed E-state index contributed by atoms with van der Waals surface area (Å²) in [6.07, 6.45) is 3.23. The zero-order chi connectivity index (χ0) is 16.2. The first-order chi connectivity index (χ1) is 11.2. The number of hydrogen-bond acceptors (Lipinski definition) is 2. The lowest BCUT2D eigenvalue weighted by Gasteiger charge is -2.26. The molecule has 0 saturated heterocycles. The molecule has 2 aromatic carbocycles. The van der Waals surface area contributed by atoms with Crippen LogP contribution in [0.25, 0.3) is 5.57 Å². The van der Waals surface area contributed by atoms with Crippen molar-refractivity contribution in [3.8, 4) is 5.75 Å². The summed E-state index contributed by atoms with van der Waals surface area (Å²) in [5.74, 6) is 0.669. The van der Waals surface area contributed by atoms with Crippen LogP contribution in [0.2, 0.25) is 0 Å². The minimum atomic E-state index is -0.183. The smallest absolute Gasteiger partial charge is 0.133 e. The highest BCUT2D eigenvalue weighted by Gasteiger charge is 2.14. The predicted molar refractivity (Wildman–Crippen MR) is 95.0 cm³/mol. The SMILES string of the molecule is COc1ccc(CN2CC=C(c3ccc(F)cc3)CC2)cc1Br. The molecule has 0 aromatic heterocycles. The minimum Gasteiger partial charge on any atom is -0.496 e. The molecule has 0 N–H and O–H groups in total. The number of rotatable bonds is 4. The molecule has 23 heavy (non-hydrogen) atoms. The van der Waals surface area contributed by atoms with Gasteiger partial charge in [-0.3, -0.25) is 4.90 Å². The Morgan fingerprint density at radius 2 is 1.96 bits per heavy atom. The molecule has 0 aliphatic carbocycles. The molecule has 0 spiro atoms. The molecule has 1 aliphatic rings. The maximum absolute atomic E-state index is 13.0. The van der Waals surface area contributed by atoms with Gasteiger partial charge in [0.1, 0.15) is 11.6 Å². The van der Waals surface area contributed by atoms with Crippen LogP contribution in [0, 0.1) is 5.82 Å². The Labute approximate surface area is 144 Å². The van der Waals surface area contributed by atoms with Gasteiger partial charge in [-0.05, 0) is 63.3 Å². The van der Waals surface area contributed by atoms with Crippen LogP contribution in [-0.2, 0) is 6.54 Å². The van der Waals surface area contributed by atoms with Gasteiger partial charge in [0, 0.05) is 19.6 Å². The molecule has 0 saturated carbocycles. The molecule has 0 radical (unpaired) electrons. The monoisotopic (exact) mass is 375 g/mol. The van der Waals surface area contributed by atoms with E-state index in [1.54, 1.807) is 7.11 Å². The highest BCUT2D eigenvalue weighted by atomic mass is 79.9. The van der Waals surface area contributed by atoms with E-state index in [0.717, 1.165) is 41.8 Å². The molecule has 0 fully saturated rings. The van der Waals surface area contributed by atoms with Crippen LogP contribution in [0.3, 0.4) is 0 Å². The van der Waals surface area contributed by atoms with Crippen LogP contribution in [0.5, 0.6) is 5.75 Å². The second kappa shape index (κ2) is 7.28. The highest BCUT2D eigenvalue weighted by Crippen LogP contribution is 2.27. The zero-order valence-corrected chi connectivity index (χ0v) is 14.6. The summed E-state index contributed by atoms with van der Waals surface area (Å²) in [5, 5.41) is 0. The first-order valence-corrected chi connectivity index (χ1v) is 8.45. The summed E-state index contributed by atoms with van der Waals surface area (Å²) in [6, 6.07) is 13.0. The van der Waals surface area contributed by atoms with E-state index in [1.165, 1.54) is 23.3 Å². The van der Waals surface area contributed by atoms with Crippen molar-refractivity contribution < 1.29 is 9.13 Å². The number of hydrogen-bond donors (Lipinski definition) is 0. The molecule has 1 heterocycles. The van der Waals surface area contributed by atoms with E-state index in [1.807, 2.05) is 18.2 Å². The Morgan fingerprint density at radius 3 is 2.57 bits per heavy atom. The van der Waals surface area contributed by atoms with E-state index in [9.17, 15) is 4.39 Å². The minimum absolute atomic E-state index is 0.183. The lowest BCUT2D eigenvalue weighted by atomic mass is 9.99. The molecule has 3 rings (SSSR count). The molecule has 120 valence electrons. The molecule has 0 atom stereocenters. The molecule has 2 aromatic rings. The number of methoxy groups -OCH3 is 1. The summed E-state index contributed by atoms with van der Waals surface area (Å²) in [4.78, 5) is 2.40. The number of ether oxygens (including phenoxy) is 1. The van der Waals surface area contributed by atoms with Crippen molar-refractivity contribution in [3.63, 3.8) is 0 Å². The van der Waals surface area contributed by atoms with Crippen LogP contribution in [0.1, 0.15) is 17.5 Å². The fraction of sp³-hybridized carbons (Fsp3) is 0.263. The largest absolute Gasteiger partial charge is 0.496 e. The Kier molecular flexibility index (Phi) is 5.13. The third-order valence-electron chi connectivity index (χ3n) is 4.13. The van der Waals surface area contributed by atoms with E-state index in [0.29, 0.717) is 0 Å². The number of halogens is 2. The Balaban J connectivity index is 1.64. The molecule has 2 nitrogen and oxygen atoms in total. The van der Waals surface area contributed by atoms with Gasteiger partial charge in [-0.2, -0.15) is 0 Å². The van der Waals surface area contributed by atoms with E-state index >= 15 is 0 Å². The molecule has 0 amide bonds. The molecular weight excluding hydrogens is 357 g/mol. The predicted octanol–water partition coefficient (Wildman–Crippen LogP) is 4.89. The van der Waals surface area contributed by atoms with E-state index < -0.39 is 0 Å². The van der Waals surface area contributed by atoms with Crippen molar-refractivity contribution in [3.05, 3.63) is 70.0 Å². The maximum atomic E-state index is 13.0. The lowest BCUT2D eigenvalue weighted by molar-refractivity contribution is 0.293. The first kappa shape index (κ1) is 16.2. The third-order valence-corrected chi connectivity index (χ3v) is 4.75. The van der Waals surface area contributed by atoms with Crippen molar-refractivity contribution in [1.29, 1.82) is 0 Å². The molecule has 0 unspecified atom stereocenters. The molecule has 1 aliphatic heterocycles. The highest BCUT2D eigenvalue weighted by molar-refractivity contribution is 9.10. The Bertz CT molecular complexity index is 712. The molecule has 0 bridgehead atoms. The Hall–Kier alpha value is -1.65. The Morgan fingerprint density at radius 1 is 1.17 bits per heavy atom. The fourth-order valence-corrected chi connectivity index (χ4v) is 3.44. The second-order valence-corrected chi connectivity index (χ2v) is 6.54. The van der Waals surface area contributed by atoms with Crippen molar-refractivity contribution >= 4 is 21.5 Å². The van der Waals surface area contributed by atoms with Crippen LogP contribution >= 0.6 is 15.9 Å². The van der Waals surface area contributed by atoms with E-state index in [-0.39, 0.29) is 5.82 Å². The van der Waals surface area contributed by atoms with E-state index in [2.05, 4.69) is 39.0 Å². The zero-order valence-electron chi connectivity index (χ0n) is 13.1. The van der Waals surface area contributed by atoms with Gasteiger partial charge in [0.25, 0.3) is 0 Å². The maximum Gasteiger partial charge on any atom is 0.133 e. The average molecular weight is 376 g/mol. The van der Waals surface area contributed by atoms with Gasteiger partial charge in [-0.1, -0.05) is 24.3 Å². The van der Waals surface area contributed by atoms with Gasteiger partial charge in [0.15, 0.2) is 0 Å².